The number of hydrogen-bond donors (Lipinski definition) is 3. The van der Waals surface area contributed by atoms with Crippen molar-refractivity contribution >= 4 is 33.7 Å². The van der Waals surface area contributed by atoms with Crippen molar-refractivity contribution in [3.8, 4) is 11.5 Å². The number of nitrogens with one attached hydrogen (secondary N) is 2. The van der Waals surface area contributed by atoms with Gasteiger partial charge < -0.3 is 25.5 Å². The molecule has 0 aliphatic rings. The summed E-state index contributed by atoms with van der Waals surface area (Å²) < 4.78 is 10.9. The molecule has 2 aromatic heterocycles. The number of aliphatic imine (C=N–C) groups is 1. The summed E-state index contributed by atoms with van der Waals surface area (Å²) in [6.07, 6.45) is 1.59. The fraction of sp³-hybridized carbons (Fsp3) is 0.400. The highest BCUT2D eigenvalue weighted by Crippen LogP contribution is 2.35. The van der Waals surface area contributed by atoms with Crippen LogP contribution in [0, 0.1) is 0 Å². The number of amides is 1. The van der Waals surface area contributed by atoms with Crippen LogP contribution in [-0.2, 0) is 16.1 Å². The number of nitrogens with zero attached hydrogens (tertiary/aromatic N) is 2. The van der Waals surface area contributed by atoms with Crippen LogP contribution in [0.15, 0.2) is 21.5 Å². The van der Waals surface area contributed by atoms with Crippen molar-refractivity contribution in [2.75, 3.05) is 30.8 Å². The molecule has 130 valence electrons. The summed E-state index contributed by atoms with van der Waals surface area (Å²) in [5, 5.41) is 6.92. The van der Waals surface area contributed by atoms with Crippen molar-refractivity contribution in [1.29, 1.82) is 0 Å². The number of nitrogen functional groups attached to an aromatic ring is 1. The molecule has 0 spiro atoms. The highest BCUT2D eigenvalue weighted by molar-refractivity contribution is 7.20. The van der Waals surface area contributed by atoms with E-state index in [1.807, 2.05) is 6.92 Å². The lowest BCUT2D eigenvalue weighted by molar-refractivity contribution is -0.119. The maximum atomic E-state index is 11.0. The second-order valence-electron chi connectivity index (χ2n) is 4.78. The molecule has 0 aromatic carbocycles. The number of anilines is 2. The number of nitrogens with two attached hydrogens (primary N) is 1. The molecule has 24 heavy (non-hydrogen) atoms. The van der Waals surface area contributed by atoms with Crippen LogP contribution in [0.2, 0.25) is 0 Å². The molecule has 0 saturated heterocycles. The Morgan fingerprint density at radius 1 is 1.54 bits per heavy atom. The first kappa shape index (κ1) is 18.0. The lowest BCUT2D eigenvalue weighted by Gasteiger charge is -2.00. The van der Waals surface area contributed by atoms with Gasteiger partial charge in [-0.3, -0.25) is 9.79 Å². The second kappa shape index (κ2) is 9.04. The summed E-state index contributed by atoms with van der Waals surface area (Å²) >= 11 is 1.31. The smallest absolute Gasteiger partial charge is 0.217 e. The fourth-order valence-electron chi connectivity index (χ4n) is 1.84. The summed E-state index contributed by atoms with van der Waals surface area (Å²) in [7, 11) is 0. The van der Waals surface area contributed by atoms with Gasteiger partial charge in [0.05, 0.1) is 26.0 Å². The summed E-state index contributed by atoms with van der Waals surface area (Å²) in [5.41, 5.74) is 6.41. The molecule has 0 bridgehead atoms. The molecule has 2 heterocycles. The summed E-state index contributed by atoms with van der Waals surface area (Å²) in [4.78, 5) is 19.4. The summed E-state index contributed by atoms with van der Waals surface area (Å²) in [5.74, 6) is 1.10. The maximum absolute atomic E-state index is 11.0. The molecule has 2 rings (SSSR count). The monoisotopic (exact) mass is 351 g/mol. The standard InChI is InChI=1S/C15H21N5O3S/c1-3-22-7-6-17-9-19-14-13(20-15(16)24-14)12-5-4-11(23-12)8-18-10(2)21/h4-5,9H,3,6-8H2,1-2H3,(H2,16,20)(H,17,19)(H,18,21). The van der Waals surface area contributed by atoms with Crippen LogP contribution in [-0.4, -0.2) is 37.0 Å². The van der Waals surface area contributed by atoms with Crippen molar-refractivity contribution in [3.05, 3.63) is 17.9 Å². The van der Waals surface area contributed by atoms with Gasteiger partial charge in [-0.05, 0) is 19.1 Å². The van der Waals surface area contributed by atoms with Crippen molar-refractivity contribution in [3.63, 3.8) is 0 Å². The first-order chi connectivity index (χ1) is 11.6. The SMILES string of the molecule is CCOCCN=CNc1sc(N)nc1-c1ccc(CNC(C)=O)o1. The number of ether oxygens (including phenoxy) is 1. The van der Waals surface area contributed by atoms with Gasteiger partial charge in [-0.15, -0.1) is 0 Å². The van der Waals surface area contributed by atoms with Crippen molar-refractivity contribution in [2.24, 2.45) is 4.99 Å². The average Bonchev–Trinajstić information content (AvgIpc) is 3.15. The Morgan fingerprint density at radius 2 is 2.38 bits per heavy atom. The predicted octanol–water partition coefficient (Wildman–Crippen LogP) is 2.10. The minimum absolute atomic E-state index is 0.114. The van der Waals surface area contributed by atoms with Crippen molar-refractivity contribution < 1.29 is 13.9 Å². The van der Waals surface area contributed by atoms with Crippen molar-refractivity contribution in [2.45, 2.75) is 20.4 Å². The highest BCUT2D eigenvalue weighted by Gasteiger charge is 2.15. The van der Waals surface area contributed by atoms with E-state index in [-0.39, 0.29) is 5.91 Å². The van der Waals surface area contributed by atoms with Crippen LogP contribution in [0.25, 0.3) is 11.5 Å². The van der Waals surface area contributed by atoms with Gasteiger partial charge >= 0.3 is 0 Å². The molecule has 4 N–H and O–H groups in total. The first-order valence-electron chi connectivity index (χ1n) is 7.52. The number of furan rings is 1. The van der Waals surface area contributed by atoms with Crippen LogP contribution < -0.4 is 16.4 Å². The molecule has 2 aromatic rings. The van der Waals surface area contributed by atoms with Gasteiger partial charge in [0.1, 0.15) is 16.5 Å². The number of hydrogen-bond acceptors (Lipinski definition) is 7. The molecule has 1 amide bonds. The Kier molecular flexibility index (Phi) is 6.76. The van der Waals surface area contributed by atoms with E-state index in [0.717, 1.165) is 5.00 Å². The zero-order valence-corrected chi connectivity index (χ0v) is 14.5. The maximum Gasteiger partial charge on any atom is 0.217 e. The van der Waals surface area contributed by atoms with Crippen LogP contribution in [0.1, 0.15) is 19.6 Å². The van der Waals surface area contributed by atoms with Gasteiger partial charge in [-0.1, -0.05) is 11.3 Å². The Hall–Kier alpha value is -2.39. The molecule has 0 unspecified atom stereocenters. The van der Waals surface area contributed by atoms with Crippen LogP contribution in [0.5, 0.6) is 0 Å². The van der Waals surface area contributed by atoms with Gasteiger partial charge in [0.15, 0.2) is 10.9 Å². The molecule has 0 aliphatic heterocycles. The predicted molar refractivity (Wildman–Crippen MR) is 95.2 cm³/mol. The lowest BCUT2D eigenvalue weighted by atomic mass is 10.3. The molecule has 0 aliphatic carbocycles. The van der Waals surface area contributed by atoms with E-state index < -0.39 is 0 Å². The van der Waals surface area contributed by atoms with Crippen molar-refractivity contribution in [1.82, 2.24) is 10.3 Å². The van der Waals surface area contributed by atoms with Gasteiger partial charge in [-0.2, -0.15) is 0 Å². The minimum Gasteiger partial charge on any atom is -0.457 e. The number of rotatable bonds is 9. The van der Waals surface area contributed by atoms with Gasteiger partial charge in [0.25, 0.3) is 0 Å². The topological polar surface area (TPSA) is 115 Å². The molecular formula is C15H21N5O3S. The third-order valence-corrected chi connectivity index (χ3v) is 3.72. The molecule has 8 nitrogen and oxygen atoms in total. The zero-order valence-electron chi connectivity index (χ0n) is 13.7. The van der Waals surface area contributed by atoms with E-state index in [9.17, 15) is 4.79 Å². The normalized spacial score (nSPS) is 11.1. The zero-order chi connectivity index (χ0) is 17.4. The Balaban J connectivity index is 2.01. The number of carbonyl (C=O) groups is 1. The second-order valence-corrected chi connectivity index (χ2v) is 5.81. The van der Waals surface area contributed by atoms with E-state index in [4.69, 9.17) is 14.9 Å². The van der Waals surface area contributed by atoms with E-state index in [1.54, 1.807) is 18.5 Å². The van der Waals surface area contributed by atoms with Crippen LogP contribution in [0.4, 0.5) is 10.1 Å². The van der Waals surface area contributed by atoms with E-state index in [2.05, 4.69) is 20.6 Å². The largest absolute Gasteiger partial charge is 0.457 e. The minimum atomic E-state index is -0.114. The molecule has 0 fully saturated rings. The quantitative estimate of drug-likeness (QED) is 0.362. The van der Waals surface area contributed by atoms with E-state index in [1.165, 1.54) is 18.3 Å². The number of aromatic nitrogens is 1. The summed E-state index contributed by atoms with van der Waals surface area (Å²) in [6, 6.07) is 3.59. The van der Waals surface area contributed by atoms with Gasteiger partial charge in [0, 0.05) is 13.5 Å². The third kappa shape index (κ3) is 5.36. The summed E-state index contributed by atoms with van der Waals surface area (Å²) in [6.45, 7) is 5.56. The molecular weight excluding hydrogens is 330 g/mol. The Labute approximate surface area is 144 Å². The van der Waals surface area contributed by atoms with Gasteiger partial charge in [0.2, 0.25) is 5.91 Å². The fourth-order valence-corrected chi connectivity index (χ4v) is 2.54. The Morgan fingerprint density at radius 3 is 3.12 bits per heavy atom. The van der Waals surface area contributed by atoms with E-state index in [0.29, 0.717) is 48.6 Å². The average molecular weight is 351 g/mol. The van der Waals surface area contributed by atoms with Gasteiger partial charge in [-0.25, -0.2) is 4.98 Å². The lowest BCUT2D eigenvalue weighted by Crippen LogP contribution is -2.18. The molecule has 9 heteroatoms. The van der Waals surface area contributed by atoms with E-state index >= 15 is 0 Å². The first-order valence-corrected chi connectivity index (χ1v) is 8.34. The number of thiazole rings is 1. The third-order valence-electron chi connectivity index (χ3n) is 2.91. The highest BCUT2D eigenvalue weighted by atomic mass is 32.1. The van der Waals surface area contributed by atoms with Crippen LogP contribution >= 0.6 is 11.3 Å². The molecule has 0 radical (unpaired) electrons. The molecule has 0 atom stereocenters. The Bertz CT molecular complexity index is 695. The molecule has 0 saturated carbocycles. The number of carbonyl (C=O) groups excluding carboxylic acids is 1. The van der Waals surface area contributed by atoms with Crippen LogP contribution in [0.3, 0.4) is 0 Å².